The molecule has 1 atom stereocenters. The van der Waals surface area contributed by atoms with Crippen molar-refractivity contribution in [1.29, 1.82) is 0 Å². The first kappa shape index (κ1) is 20.6. The van der Waals surface area contributed by atoms with Crippen LogP contribution in [0.2, 0.25) is 0 Å². The number of benzene rings is 1. The van der Waals surface area contributed by atoms with Crippen molar-refractivity contribution in [3.05, 3.63) is 54.3 Å². The maximum absolute atomic E-state index is 13.1. The molecule has 2 aromatic heterocycles. The van der Waals surface area contributed by atoms with Gasteiger partial charge in [-0.25, -0.2) is 13.4 Å². The van der Waals surface area contributed by atoms with Gasteiger partial charge in [0.1, 0.15) is 5.69 Å². The lowest BCUT2D eigenvalue weighted by Gasteiger charge is -2.31. The van der Waals surface area contributed by atoms with Gasteiger partial charge in [0.05, 0.1) is 11.1 Å². The number of hydrogen-bond donors (Lipinski definition) is 0. The van der Waals surface area contributed by atoms with Crippen LogP contribution in [-0.2, 0) is 22.9 Å². The first-order valence-corrected chi connectivity index (χ1v) is 11.7. The zero-order chi connectivity index (χ0) is 21.0. The highest BCUT2D eigenvalue weighted by molar-refractivity contribution is 7.89. The van der Waals surface area contributed by atoms with Gasteiger partial charge in [-0.3, -0.25) is 4.98 Å². The monoisotopic (exact) mass is 427 g/mol. The van der Waals surface area contributed by atoms with Crippen molar-refractivity contribution in [1.82, 2.24) is 24.4 Å². The van der Waals surface area contributed by atoms with Gasteiger partial charge in [0, 0.05) is 31.9 Å². The minimum atomic E-state index is -3.51. The summed E-state index contributed by atoms with van der Waals surface area (Å²) >= 11 is 0. The third-order valence-corrected chi connectivity index (χ3v) is 7.18. The van der Waals surface area contributed by atoms with Gasteiger partial charge >= 0.3 is 0 Å². The summed E-state index contributed by atoms with van der Waals surface area (Å²) in [5.74, 6) is 1.01. The normalized spacial score (nSPS) is 17.8. The van der Waals surface area contributed by atoms with Crippen LogP contribution in [0.1, 0.15) is 37.6 Å². The molecule has 1 aliphatic rings. The lowest BCUT2D eigenvalue weighted by atomic mass is 9.96. The highest BCUT2D eigenvalue weighted by atomic mass is 32.2. The second kappa shape index (κ2) is 9.01. The zero-order valence-electron chi connectivity index (χ0n) is 16.9. The van der Waals surface area contributed by atoms with Crippen LogP contribution in [0, 0.1) is 5.92 Å². The van der Waals surface area contributed by atoms with E-state index in [0.717, 1.165) is 31.2 Å². The van der Waals surface area contributed by atoms with Crippen LogP contribution in [0.5, 0.6) is 0 Å². The van der Waals surface area contributed by atoms with Crippen LogP contribution in [0.3, 0.4) is 0 Å². The second-order valence-corrected chi connectivity index (χ2v) is 9.51. The number of aryl methyl sites for hydroxylation is 1. The maximum Gasteiger partial charge on any atom is 0.243 e. The Morgan fingerprint density at radius 3 is 2.77 bits per heavy atom. The molecule has 8 nitrogen and oxygen atoms in total. The second-order valence-electron chi connectivity index (χ2n) is 7.57. The minimum absolute atomic E-state index is 0.128. The van der Waals surface area contributed by atoms with E-state index in [0.29, 0.717) is 41.8 Å². The van der Waals surface area contributed by atoms with Crippen molar-refractivity contribution in [2.45, 2.75) is 43.9 Å². The summed E-state index contributed by atoms with van der Waals surface area (Å²) in [5.41, 5.74) is 1.70. The summed E-state index contributed by atoms with van der Waals surface area (Å²) < 4.78 is 33.2. The lowest BCUT2D eigenvalue weighted by molar-refractivity contribution is 0.247. The van der Waals surface area contributed by atoms with Gasteiger partial charge in [0.25, 0.3) is 0 Å². The average Bonchev–Trinajstić information content (AvgIpc) is 3.24. The Hall–Kier alpha value is -2.65. The van der Waals surface area contributed by atoms with E-state index in [-0.39, 0.29) is 5.92 Å². The Morgan fingerprint density at radius 1 is 1.20 bits per heavy atom. The molecule has 1 aliphatic heterocycles. The summed E-state index contributed by atoms with van der Waals surface area (Å²) in [5, 5.41) is 3.97. The van der Waals surface area contributed by atoms with Crippen molar-refractivity contribution in [3.63, 3.8) is 0 Å². The van der Waals surface area contributed by atoms with Gasteiger partial charge < -0.3 is 4.52 Å². The molecule has 0 saturated carbocycles. The summed E-state index contributed by atoms with van der Waals surface area (Å²) in [6.45, 7) is 3.09. The highest BCUT2D eigenvalue weighted by Crippen LogP contribution is 2.26. The number of nitrogens with zero attached hydrogens (tertiary/aromatic N) is 5. The quantitative estimate of drug-likeness (QED) is 0.571. The van der Waals surface area contributed by atoms with E-state index in [1.807, 2.05) is 12.1 Å². The molecule has 0 N–H and O–H groups in total. The first-order valence-electron chi connectivity index (χ1n) is 10.2. The van der Waals surface area contributed by atoms with E-state index in [4.69, 9.17) is 4.52 Å². The molecule has 30 heavy (non-hydrogen) atoms. The number of piperidine rings is 1. The van der Waals surface area contributed by atoms with Gasteiger partial charge in [-0.1, -0.05) is 30.6 Å². The van der Waals surface area contributed by atoms with Crippen LogP contribution in [-0.4, -0.2) is 45.9 Å². The predicted molar refractivity (Wildman–Crippen MR) is 111 cm³/mol. The van der Waals surface area contributed by atoms with Crippen molar-refractivity contribution in [2.75, 3.05) is 13.1 Å². The fraction of sp³-hybridized carbons (Fsp3) is 0.429. The van der Waals surface area contributed by atoms with Crippen molar-refractivity contribution in [2.24, 2.45) is 5.92 Å². The zero-order valence-corrected chi connectivity index (χ0v) is 17.8. The molecule has 3 aromatic rings. The molecular formula is C21H25N5O3S. The fourth-order valence-electron chi connectivity index (χ4n) is 3.78. The van der Waals surface area contributed by atoms with E-state index in [2.05, 4.69) is 27.0 Å². The molecule has 0 aliphatic carbocycles. The molecule has 4 rings (SSSR count). The Kier molecular flexibility index (Phi) is 6.19. The van der Waals surface area contributed by atoms with Crippen molar-refractivity contribution < 1.29 is 12.9 Å². The van der Waals surface area contributed by atoms with Crippen molar-refractivity contribution >= 4 is 10.0 Å². The van der Waals surface area contributed by atoms with Gasteiger partial charge in [-0.05, 0) is 42.9 Å². The molecule has 0 radical (unpaired) electrons. The van der Waals surface area contributed by atoms with Gasteiger partial charge in [0.15, 0.2) is 0 Å². The predicted octanol–water partition coefficient (Wildman–Crippen LogP) is 3.12. The van der Waals surface area contributed by atoms with Gasteiger partial charge in [-0.15, -0.1) is 0 Å². The van der Waals surface area contributed by atoms with E-state index >= 15 is 0 Å². The Balaban J connectivity index is 1.43. The van der Waals surface area contributed by atoms with Crippen LogP contribution < -0.4 is 0 Å². The number of sulfonamides is 1. The molecule has 158 valence electrons. The van der Waals surface area contributed by atoms with Gasteiger partial charge in [-0.2, -0.15) is 9.29 Å². The molecule has 0 spiro atoms. The summed E-state index contributed by atoms with van der Waals surface area (Å²) in [4.78, 5) is 12.9. The standard InChI is InChI=1S/C21H25N5O3S/c1-2-4-16-6-8-18(9-7-16)30(27,28)26-12-3-5-17(15-26)13-20-24-21(25-29-20)19-14-22-10-11-23-19/h6-11,14,17H,2-5,12-13,15H2,1H3. The van der Waals surface area contributed by atoms with Gasteiger partial charge in [0.2, 0.25) is 21.7 Å². The summed E-state index contributed by atoms with van der Waals surface area (Å²) in [7, 11) is -3.51. The minimum Gasteiger partial charge on any atom is -0.339 e. The van der Waals surface area contributed by atoms with Crippen LogP contribution in [0.25, 0.3) is 11.5 Å². The Bertz CT molecular complexity index is 1070. The molecule has 1 unspecified atom stereocenters. The van der Waals surface area contributed by atoms with Crippen LogP contribution in [0.4, 0.5) is 0 Å². The third kappa shape index (κ3) is 4.57. The van der Waals surface area contributed by atoms with Crippen LogP contribution >= 0.6 is 0 Å². The molecule has 1 aromatic carbocycles. The summed E-state index contributed by atoms with van der Waals surface area (Å²) in [6.07, 6.45) is 8.99. The SMILES string of the molecule is CCCc1ccc(S(=O)(=O)N2CCCC(Cc3nc(-c4cnccn4)no3)C2)cc1. The summed E-state index contributed by atoms with van der Waals surface area (Å²) in [6, 6.07) is 7.25. The van der Waals surface area contributed by atoms with E-state index in [1.54, 1.807) is 35.0 Å². The van der Waals surface area contributed by atoms with Crippen molar-refractivity contribution in [3.8, 4) is 11.5 Å². The number of aromatic nitrogens is 4. The molecular weight excluding hydrogens is 402 g/mol. The van der Waals surface area contributed by atoms with E-state index < -0.39 is 10.0 Å². The molecule has 3 heterocycles. The highest BCUT2D eigenvalue weighted by Gasteiger charge is 2.31. The van der Waals surface area contributed by atoms with E-state index in [9.17, 15) is 8.42 Å². The Labute approximate surface area is 176 Å². The molecule has 1 fully saturated rings. The number of hydrogen-bond acceptors (Lipinski definition) is 7. The molecule has 9 heteroatoms. The molecule has 1 saturated heterocycles. The lowest BCUT2D eigenvalue weighted by Crippen LogP contribution is -2.40. The largest absolute Gasteiger partial charge is 0.339 e. The molecule has 0 bridgehead atoms. The van der Waals surface area contributed by atoms with Crippen LogP contribution in [0.15, 0.2) is 52.3 Å². The van der Waals surface area contributed by atoms with E-state index in [1.165, 1.54) is 0 Å². The molecule has 0 amide bonds. The fourth-order valence-corrected chi connectivity index (χ4v) is 5.34. The number of rotatable bonds is 7. The Morgan fingerprint density at radius 2 is 2.03 bits per heavy atom. The smallest absolute Gasteiger partial charge is 0.243 e. The third-order valence-electron chi connectivity index (χ3n) is 5.31. The topological polar surface area (TPSA) is 102 Å². The first-order chi connectivity index (χ1) is 14.6. The average molecular weight is 428 g/mol. The maximum atomic E-state index is 13.1.